The molecule has 0 aromatic rings. The number of Topliss-reactive ketones (excluding diaryl/α,β-unsaturated/α-hetero) is 1. The van der Waals surface area contributed by atoms with E-state index >= 15 is 0 Å². The average Bonchev–Trinajstić information content (AvgIpc) is 2.16. The van der Waals surface area contributed by atoms with E-state index in [0.29, 0.717) is 6.29 Å². The lowest BCUT2D eigenvalue weighted by Gasteiger charge is -1.95. The lowest BCUT2D eigenvalue weighted by Crippen LogP contribution is -2.27. The molecule has 0 N–H and O–H groups in total. The molecule has 0 aliphatic carbocycles. The minimum absolute atomic E-state index is 0.0166. The van der Waals surface area contributed by atoms with Gasteiger partial charge in [0.15, 0.2) is 0 Å². The van der Waals surface area contributed by atoms with Gasteiger partial charge < -0.3 is 15.1 Å². The van der Waals surface area contributed by atoms with Crippen molar-refractivity contribution in [2.75, 3.05) is 6.61 Å². The maximum atomic E-state index is 11.1. The SMILES string of the molecule is CCOC(=O)C(=[N+]=[N-])C(=O)CCC=O. The highest BCUT2D eigenvalue weighted by Gasteiger charge is 2.29. The van der Waals surface area contributed by atoms with Crippen molar-refractivity contribution in [1.29, 1.82) is 0 Å². The van der Waals surface area contributed by atoms with Crippen molar-refractivity contribution in [2.45, 2.75) is 19.8 Å². The third-order valence-corrected chi connectivity index (χ3v) is 1.32. The zero-order valence-corrected chi connectivity index (χ0v) is 7.73. The van der Waals surface area contributed by atoms with Crippen LogP contribution in [0.25, 0.3) is 5.53 Å². The molecular formula is C8H10N2O4. The van der Waals surface area contributed by atoms with Gasteiger partial charge in [0.1, 0.15) is 6.29 Å². The Balaban J connectivity index is 4.42. The maximum Gasteiger partial charge on any atom is 0.441 e. The second-order valence-corrected chi connectivity index (χ2v) is 2.30. The van der Waals surface area contributed by atoms with Crippen LogP contribution in [0, 0.1) is 0 Å². The summed E-state index contributed by atoms with van der Waals surface area (Å²) >= 11 is 0. The number of hydrogen-bond donors (Lipinski definition) is 0. The standard InChI is InChI=1S/C8H10N2O4/c1-2-14-8(13)7(10-9)6(12)4-3-5-11/h5H,2-4H2,1H3. The number of hydrogen-bond acceptors (Lipinski definition) is 4. The molecule has 0 saturated carbocycles. The fraction of sp³-hybridized carbons (Fsp3) is 0.500. The van der Waals surface area contributed by atoms with Crippen LogP contribution in [0.1, 0.15) is 19.8 Å². The smallest absolute Gasteiger partial charge is 0.441 e. The van der Waals surface area contributed by atoms with Gasteiger partial charge >= 0.3 is 11.7 Å². The summed E-state index contributed by atoms with van der Waals surface area (Å²) in [7, 11) is 0. The van der Waals surface area contributed by atoms with Crippen molar-refractivity contribution in [3.8, 4) is 0 Å². The van der Waals surface area contributed by atoms with Crippen molar-refractivity contribution in [3.63, 3.8) is 0 Å². The van der Waals surface area contributed by atoms with Crippen LogP contribution in [0.15, 0.2) is 0 Å². The maximum absolute atomic E-state index is 11.1. The molecule has 0 bridgehead atoms. The summed E-state index contributed by atoms with van der Waals surface area (Å²) in [5.41, 5.74) is 7.70. The molecule has 0 spiro atoms. The van der Waals surface area contributed by atoms with Crippen LogP contribution in [0.5, 0.6) is 0 Å². The van der Waals surface area contributed by atoms with E-state index < -0.39 is 17.5 Å². The Hall–Kier alpha value is -1.81. The molecule has 0 aromatic carbocycles. The van der Waals surface area contributed by atoms with Gasteiger partial charge in [-0.1, -0.05) is 0 Å². The first-order valence-corrected chi connectivity index (χ1v) is 4.03. The van der Waals surface area contributed by atoms with Crippen LogP contribution in [0.4, 0.5) is 0 Å². The summed E-state index contributed by atoms with van der Waals surface area (Å²) in [6, 6.07) is 0. The minimum atomic E-state index is -0.981. The fourth-order valence-electron chi connectivity index (χ4n) is 0.718. The van der Waals surface area contributed by atoms with Gasteiger partial charge in [-0.3, -0.25) is 4.79 Å². The van der Waals surface area contributed by atoms with Crippen LogP contribution in [0.2, 0.25) is 0 Å². The van der Waals surface area contributed by atoms with E-state index in [-0.39, 0.29) is 19.4 Å². The first-order chi connectivity index (χ1) is 6.67. The van der Waals surface area contributed by atoms with Crippen LogP contribution in [-0.4, -0.2) is 35.1 Å². The number of carbonyl (C=O) groups excluding carboxylic acids is 3. The number of rotatable bonds is 6. The van der Waals surface area contributed by atoms with E-state index in [9.17, 15) is 14.4 Å². The van der Waals surface area contributed by atoms with Gasteiger partial charge in [0, 0.05) is 12.8 Å². The molecule has 0 radical (unpaired) electrons. The van der Waals surface area contributed by atoms with Crippen LogP contribution in [0.3, 0.4) is 0 Å². The van der Waals surface area contributed by atoms with Crippen LogP contribution >= 0.6 is 0 Å². The molecule has 0 aromatic heterocycles. The van der Waals surface area contributed by atoms with Gasteiger partial charge in [0.05, 0.1) is 6.61 Å². The van der Waals surface area contributed by atoms with Crippen LogP contribution < -0.4 is 0 Å². The number of ketones is 1. The molecule has 0 atom stereocenters. The fourth-order valence-corrected chi connectivity index (χ4v) is 0.718. The van der Waals surface area contributed by atoms with E-state index in [1.165, 1.54) is 0 Å². The van der Waals surface area contributed by atoms with Crippen molar-refractivity contribution in [2.24, 2.45) is 0 Å². The molecule has 0 unspecified atom stereocenters. The normalized spacial score (nSPS) is 8.64. The monoisotopic (exact) mass is 198 g/mol. The molecule has 6 heteroatoms. The van der Waals surface area contributed by atoms with Gasteiger partial charge in [0.2, 0.25) is 0 Å². The Morgan fingerprint density at radius 3 is 2.57 bits per heavy atom. The third-order valence-electron chi connectivity index (χ3n) is 1.32. The van der Waals surface area contributed by atoms with Gasteiger partial charge in [-0.25, -0.2) is 4.79 Å². The Labute approximate surface area is 80.5 Å². The quantitative estimate of drug-likeness (QED) is 0.147. The molecule has 0 aliphatic rings. The summed E-state index contributed by atoms with van der Waals surface area (Å²) in [6.07, 6.45) is 0.358. The Morgan fingerprint density at radius 2 is 2.14 bits per heavy atom. The van der Waals surface area contributed by atoms with Gasteiger partial charge in [-0.2, -0.15) is 4.79 Å². The molecule has 0 amide bonds. The number of nitrogens with zero attached hydrogens (tertiary/aromatic N) is 2. The first-order valence-electron chi connectivity index (χ1n) is 4.03. The molecule has 76 valence electrons. The number of aldehydes is 1. The van der Waals surface area contributed by atoms with Crippen molar-refractivity contribution in [3.05, 3.63) is 5.53 Å². The zero-order valence-electron chi connectivity index (χ0n) is 7.73. The van der Waals surface area contributed by atoms with Crippen molar-refractivity contribution >= 4 is 23.8 Å². The lowest BCUT2D eigenvalue weighted by molar-refractivity contribution is -0.142. The molecule has 0 saturated heterocycles. The van der Waals surface area contributed by atoms with E-state index in [0.717, 1.165) is 0 Å². The Kier molecular flexibility index (Phi) is 5.82. The highest BCUT2D eigenvalue weighted by Crippen LogP contribution is 1.92. The highest BCUT2D eigenvalue weighted by atomic mass is 16.5. The zero-order chi connectivity index (χ0) is 11.0. The molecule has 0 heterocycles. The Bertz CT molecular complexity index is 292. The topological polar surface area (TPSA) is 96.8 Å². The summed E-state index contributed by atoms with van der Waals surface area (Å²) in [4.78, 5) is 34.5. The molecule has 14 heavy (non-hydrogen) atoms. The number of ether oxygens (including phenoxy) is 1. The number of carbonyl (C=O) groups is 3. The number of esters is 1. The van der Waals surface area contributed by atoms with Crippen molar-refractivity contribution < 1.29 is 23.9 Å². The third kappa shape index (κ3) is 3.73. The molecule has 0 rings (SSSR count). The first kappa shape index (κ1) is 12.2. The predicted molar refractivity (Wildman–Crippen MR) is 45.6 cm³/mol. The average molecular weight is 198 g/mol. The summed E-state index contributed by atoms with van der Waals surface area (Å²) in [5.74, 6) is -1.69. The second kappa shape index (κ2) is 6.68. The summed E-state index contributed by atoms with van der Waals surface area (Å²) in [6.45, 7) is 1.64. The molecular weight excluding hydrogens is 188 g/mol. The van der Waals surface area contributed by atoms with Gasteiger partial charge in [0.25, 0.3) is 5.78 Å². The summed E-state index contributed by atoms with van der Waals surface area (Å²) < 4.78 is 4.46. The predicted octanol–water partition coefficient (Wildman–Crippen LogP) is -0.232. The largest absolute Gasteiger partial charge is 0.457 e. The van der Waals surface area contributed by atoms with Gasteiger partial charge in [-0.05, 0) is 6.92 Å². The molecule has 0 aliphatic heterocycles. The Morgan fingerprint density at radius 1 is 1.50 bits per heavy atom. The molecule has 6 nitrogen and oxygen atoms in total. The van der Waals surface area contributed by atoms with Crippen molar-refractivity contribution in [1.82, 2.24) is 0 Å². The second-order valence-electron chi connectivity index (χ2n) is 2.30. The minimum Gasteiger partial charge on any atom is -0.457 e. The summed E-state index contributed by atoms with van der Waals surface area (Å²) in [5, 5.41) is 0. The van der Waals surface area contributed by atoms with E-state index in [2.05, 4.69) is 9.53 Å². The lowest BCUT2D eigenvalue weighted by atomic mass is 10.1. The van der Waals surface area contributed by atoms with E-state index in [1.807, 2.05) is 0 Å². The highest BCUT2D eigenvalue weighted by molar-refractivity contribution is 6.62. The van der Waals surface area contributed by atoms with E-state index in [1.54, 1.807) is 6.92 Å². The molecule has 0 fully saturated rings. The van der Waals surface area contributed by atoms with Crippen LogP contribution in [-0.2, 0) is 19.1 Å². The van der Waals surface area contributed by atoms with E-state index in [4.69, 9.17) is 5.53 Å². The van der Waals surface area contributed by atoms with Gasteiger partial charge in [-0.15, -0.1) is 0 Å².